The molecule has 2 saturated heterocycles. The normalized spacial score (nSPS) is 17.4. The summed E-state index contributed by atoms with van der Waals surface area (Å²) >= 11 is 0. The molecule has 0 aliphatic carbocycles. The highest BCUT2D eigenvalue weighted by Gasteiger charge is 2.28. The van der Waals surface area contributed by atoms with Crippen LogP contribution in [0.15, 0.2) is 24.4 Å². The minimum absolute atomic E-state index is 0.0734. The predicted octanol–water partition coefficient (Wildman–Crippen LogP) is 2.72. The Bertz CT molecular complexity index is 1020. The fourth-order valence-corrected chi connectivity index (χ4v) is 3.98. The van der Waals surface area contributed by atoms with E-state index < -0.39 is 5.91 Å². The molecule has 3 heterocycles. The number of nitrogens with zero attached hydrogens (tertiary/aromatic N) is 3. The van der Waals surface area contributed by atoms with Crippen LogP contribution in [0.25, 0.3) is 4.85 Å². The number of anilines is 2. The molecule has 2 aliphatic heterocycles. The van der Waals surface area contributed by atoms with Crippen LogP contribution in [0.2, 0.25) is 0 Å². The molecule has 3 N–H and O–H groups in total. The summed E-state index contributed by atoms with van der Waals surface area (Å²) in [6, 6.07) is 5.64. The highest BCUT2D eigenvalue weighted by atomic mass is 16.2. The predicted molar refractivity (Wildman–Crippen MR) is 110 cm³/mol. The van der Waals surface area contributed by atoms with E-state index in [1.165, 1.54) is 12.6 Å². The molecule has 0 spiro atoms. The van der Waals surface area contributed by atoms with E-state index in [9.17, 15) is 14.4 Å². The maximum Gasteiger partial charge on any atom is 0.314 e. The standard InChI is InChI=1S/C21H22N6O3/c1-22-17-12-23-20(25-17)21(30)24-15-6-5-13(14-10-18(28)26-19(29)11-14)9-16(15)27-7-3-2-4-8-27/h5-6,9,12,14H,2-4,7-8,10-11H2,(H,23,25)(H,24,30)(H,26,28,29). The Morgan fingerprint density at radius 1 is 1.17 bits per heavy atom. The SMILES string of the molecule is [C-]#[N+]c1cnc(C(=O)Nc2ccc(C3CC(=O)NC(=O)C3)cc2N2CCCCC2)[nH]1. The summed E-state index contributed by atoms with van der Waals surface area (Å²) in [6.07, 6.45) is 5.15. The van der Waals surface area contributed by atoms with Crippen molar-refractivity contribution >= 4 is 34.9 Å². The monoisotopic (exact) mass is 406 g/mol. The number of imide groups is 1. The number of aromatic nitrogens is 2. The highest BCUT2D eigenvalue weighted by Crippen LogP contribution is 2.35. The van der Waals surface area contributed by atoms with Gasteiger partial charge in [-0.2, -0.15) is 0 Å². The summed E-state index contributed by atoms with van der Waals surface area (Å²) in [5.41, 5.74) is 2.42. The summed E-state index contributed by atoms with van der Waals surface area (Å²) in [6.45, 7) is 8.75. The second kappa shape index (κ2) is 8.37. The lowest BCUT2D eigenvalue weighted by molar-refractivity contribution is -0.133. The number of imidazole rings is 1. The van der Waals surface area contributed by atoms with Crippen molar-refractivity contribution in [3.63, 3.8) is 0 Å². The second-order valence-corrected chi connectivity index (χ2v) is 7.58. The Morgan fingerprint density at radius 3 is 2.57 bits per heavy atom. The summed E-state index contributed by atoms with van der Waals surface area (Å²) in [5, 5.41) is 5.23. The Kier molecular flexibility index (Phi) is 5.48. The number of benzene rings is 1. The van der Waals surface area contributed by atoms with E-state index in [2.05, 4.69) is 30.3 Å². The molecule has 3 amide bonds. The van der Waals surface area contributed by atoms with Crippen molar-refractivity contribution in [2.45, 2.75) is 38.0 Å². The molecule has 9 nitrogen and oxygen atoms in total. The third-order valence-electron chi connectivity index (χ3n) is 5.48. The van der Waals surface area contributed by atoms with Crippen LogP contribution in [0, 0.1) is 6.57 Å². The van der Waals surface area contributed by atoms with Gasteiger partial charge in [0.2, 0.25) is 17.6 Å². The topological polar surface area (TPSA) is 112 Å². The highest BCUT2D eigenvalue weighted by molar-refractivity contribution is 6.04. The van der Waals surface area contributed by atoms with E-state index >= 15 is 0 Å². The number of rotatable bonds is 4. The molecule has 2 aromatic rings. The van der Waals surface area contributed by atoms with Gasteiger partial charge >= 0.3 is 5.91 Å². The molecule has 2 fully saturated rings. The molecule has 0 saturated carbocycles. The fourth-order valence-electron chi connectivity index (χ4n) is 3.98. The summed E-state index contributed by atoms with van der Waals surface area (Å²) in [4.78, 5) is 48.3. The van der Waals surface area contributed by atoms with Gasteiger partial charge in [0.05, 0.1) is 17.6 Å². The minimum Gasteiger partial charge on any atom is -0.370 e. The molecule has 9 heteroatoms. The van der Waals surface area contributed by atoms with E-state index in [4.69, 9.17) is 6.57 Å². The molecule has 1 aromatic heterocycles. The van der Waals surface area contributed by atoms with Gasteiger partial charge in [-0.05, 0) is 37.0 Å². The number of hydrogen-bond donors (Lipinski definition) is 3. The Labute approximate surface area is 173 Å². The number of aromatic amines is 1. The third kappa shape index (κ3) is 4.17. The maximum atomic E-state index is 12.6. The lowest BCUT2D eigenvalue weighted by Gasteiger charge is -2.32. The number of amides is 3. The van der Waals surface area contributed by atoms with Gasteiger partial charge in [0, 0.05) is 31.8 Å². The molecule has 2 aliphatic rings. The molecule has 1 aromatic carbocycles. The maximum absolute atomic E-state index is 12.6. The van der Waals surface area contributed by atoms with Crippen molar-refractivity contribution in [1.29, 1.82) is 0 Å². The van der Waals surface area contributed by atoms with Crippen molar-refractivity contribution in [2.24, 2.45) is 0 Å². The number of carbonyl (C=O) groups excluding carboxylic acids is 3. The number of piperidine rings is 2. The van der Waals surface area contributed by atoms with E-state index in [-0.39, 0.29) is 42.2 Å². The zero-order valence-corrected chi connectivity index (χ0v) is 16.4. The Hall–Kier alpha value is -3.67. The first-order valence-electron chi connectivity index (χ1n) is 9.99. The fraction of sp³-hybridized carbons (Fsp3) is 0.381. The molecule has 0 atom stereocenters. The molecule has 4 rings (SSSR count). The number of carbonyl (C=O) groups is 3. The van der Waals surface area contributed by atoms with Crippen LogP contribution in [0.1, 0.15) is 54.2 Å². The van der Waals surface area contributed by atoms with Crippen molar-refractivity contribution < 1.29 is 14.4 Å². The van der Waals surface area contributed by atoms with Crippen LogP contribution in [0.4, 0.5) is 17.2 Å². The van der Waals surface area contributed by atoms with Gasteiger partial charge in [0.15, 0.2) is 0 Å². The van der Waals surface area contributed by atoms with E-state index in [0.29, 0.717) is 5.69 Å². The molecule has 0 radical (unpaired) electrons. The Balaban J connectivity index is 1.63. The van der Waals surface area contributed by atoms with Gasteiger partial charge in [0.1, 0.15) is 0 Å². The smallest absolute Gasteiger partial charge is 0.314 e. The number of hydrogen-bond acceptors (Lipinski definition) is 5. The van der Waals surface area contributed by atoms with Gasteiger partial charge in [-0.1, -0.05) is 12.6 Å². The first-order chi connectivity index (χ1) is 14.5. The second-order valence-electron chi connectivity index (χ2n) is 7.58. The largest absolute Gasteiger partial charge is 0.370 e. The van der Waals surface area contributed by atoms with Crippen molar-refractivity contribution in [3.8, 4) is 0 Å². The lowest BCUT2D eigenvalue weighted by Crippen LogP contribution is -2.37. The van der Waals surface area contributed by atoms with Crippen molar-refractivity contribution in [2.75, 3.05) is 23.3 Å². The molecule has 0 unspecified atom stereocenters. The Morgan fingerprint density at radius 2 is 1.90 bits per heavy atom. The van der Waals surface area contributed by atoms with Crippen LogP contribution >= 0.6 is 0 Å². The molecule has 0 bridgehead atoms. The van der Waals surface area contributed by atoms with Crippen LogP contribution < -0.4 is 15.5 Å². The average Bonchev–Trinajstić information content (AvgIpc) is 3.23. The molecule has 154 valence electrons. The number of nitrogens with one attached hydrogen (secondary N) is 3. The van der Waals surface area contributed by atoms with Gasteiger partial charge in [-0.25, -0.2) is 4.98 Å². The van der Waals surface area contributed by atoms with Crippen LogP contribution in [-0.2, 0) is 9.59 Å². The summed E-state index contributed by atoms with van der Waals surface area (Å²) in [7, 11) is 0. The van der Waals surface area contributed by atoms with Gasteiger partial charge < -0.3 is 15.1 Å². The summed E-state index contributed by atoms with van der Waals surface area (Å²) in [5.74, 6) is -0.853. The summed E-state index contributed by atoms with van der Waals surface area (Å²) < 4.78 is 0. The average molecular weight is 406 g/mol. The quantitative estimate of drug-likeness (QED) is 0.534. The zero-order chi connectivity index (χ0) is 21.1. The van der Waals surface area contributed by atoms with Crippen LogP contribution in [0.5, 0.6) is 0 Å². The van der Waals surface area contributed by atoms with Gasteiger partial charge in [0.25, 0.3) is 5.82 Å². The van der Waals surface area contributed by atoms with Crippen LogP contribution in [0.3, 0.4) is 0 Å². The third-order valence-corrected chi connectivity index (χ3v) is 5.48. The molecule has 30 heavy (non-hydrogen) atoms. The number of H-pyrrole nitrogens is 1. The van der Waals surface area contributed by atoms with Gasteiger partial charge in [-0.3, -0.25) is 24.7 Å². The van der Waals surface area contributed by atoms with E-state index in [1.54, 1.807) is 0 Å². The first-order valence-corrected chi connectivity index (χ1v) is 9.99. The van der Waals surface area contributed by atoms with E-state index in [1.807, 2.05) is 18.2 Å². The van der Waals surface area contributed by atoms with E-state index in [0.717, 1.165) is 37.2 Å². The lowest BCUT2D eigenvalue weighted by atomic mass is 9.88. The van der Waals surface area contributed by atoms with Crippen LogP contribution in [-0.4, -0.2) is 40.8 Å². The zero-order valence-electron chi connectivity index (χ0n) is 16.4. The molecular formula is C21H22N6O3. The van der Waals surface area contributed by atoms with Gasteiger partial charge in [-0.15, -0.1) is 0 Å². The molecular weight excluding hydrogens is 384 g/mol. The minimum atomic E-state index is -0.428. The first kappa shape index (κ1) is 19.6. The van der Waals surface area contributed by atoms with Crippen molar-refractivity contribution in [1.82, 2.24) is 15.3 Å². The van der Waals surface area contributed by atoms with Crippen molar-refractivity contribution in [3.05, 3.63) is 47.2 Å².